The molecule has 1 saturated heterocycles. The normalized spacial score (nSPS) is 18.7. The molecule has 6 heteroatoms. The zero-order valence-corrected chi connectivity index (χ0v) is 14.9. The van der Waals surface area contributed by atoms with Crippen LogP contribution in [0.3, 0.4) is 0 Å². The first kappa shape index (κ1) is 18.5. The van der Waals surface area contributed by atoms with Gasteiger partial charge in [-0.3, -0.25) is 4.90 Å². The number of benzene rings is 2. The average Bonchev–Trinajstić information content (AvgIpc) is 3.04. The molecule has 1 fully saturated rings. The molecule has 0 amide bonds. The van der Waals surface area contributed by atoms with Crippen LogP contribution < -0.4 is 15.2 Å². The molecule has 1 heterocycles. The topological polar surface area (TPSA) is 68.0 Å². The number of hydrogen-bond donors (Lipinski definition) is 2. The molecular formula is C20H25FN2O3. The summed E-state index contributed by atoms with van der Waals surface area (Å²) < 4.78 is 24.5. The Hall–Kier alpha value is -2.31. The number of halogens is 1. The summed E-state index contributed by atoms with van der Waals surface area (Å²) in [6, 6.07) is 11.6. The van der Waals surface area contributed by atoms with E-state index in [2.05, 4.69) is 4.90 Å². The van der Waals surface area contributed by atoms with E-state index in [1.807, 2.05) is 19.1 Å². The van der Waals surface area contributed by atoms with Crippen molar-refractivity contribution in [3.63, 3.8) is 0 Å². The van der Waals surface area contributed by atoms with Gasteiger partial charge in [0.15, 0.2) is 0 Å². The highest BCUT2D eigenvalue weighted by atomic mass is 19.1. The number of aryl methyl sites for hydroxylation is 1. The van der Waals surface area contributed by atoms with E-state index in [0.717, 1.165) is 25.1 Å². The highest BCUT2D eigenvalue weighted by molar-refractivity contribution is 5.53. The minimum Gasteiger partial charge on any atom is -0.489 e. The summed E-state index contributed by atoms with van der Waals surface area (Å²) in [5.74, 6) is 0.989. The molecule has 0 bridgehead atoms. The van der Waals surface area contributed by atoms with E-state index in [0.29, 0.717) is 23.7 Å². The molecular weight excluding hydrogens is 335 g/mol. The van der Waals surface area contributed by atoms with Crippen LogP contribution in [0.1, 0.15) is 12.0 Å². The lowest BCUT2D eigenvalue weighted by Crippen LogP contribution is -2.35. The van der Waals surface area contributed by atoms with Crippen molar-refractivity contribution in [3.05, 3.63) is 53.8 Å². The SMILES string of the molecule is Cc1ccc(N)c(OCC(O)CN2CCC(Oc3ccc(F)cc3)C2)c1. The molecule has 0 radical (unpaired) electrons. The number of hydrogen-bond acceptors (Lipinski definition) is 5. The van der Waals surface area contributed by atoms with Crippen LogP contribution in [-0.2, 0) is 0 Å². The lowest BCUT2D eigenvalue weighted by molar-refractivity contribution is 0.0722. The van der Waals surface area contributed by atoms with Crippen molar-refractivity contribution >= 4 is 5.69 Å². The molecule has 2 aromatic carbocycles. The number of nitrogens with zero attached hydrogens (tertiary/aromatic N) is 1. The maximum atomic E-state index is 12.9. The number of rotatable bonds is 7. The largest absolute Gasteiger partial charge is 0.489 e. The standard InChI is InChI=1S/C20H25FN2O3/c1-14-2-7-19(22)20(10-14)25-13-16(24)11-23-9-8-18(12-23)26-17-5-3-15(21)4-6-17/h2-7,10,16,18,24H,8-9,11-13,22H2,1H3. The third-order valence-electron chi connectivity index (χ3n) is 4.41. The van der Waals surface area contributed by atoms with E-state index in [1.165, 1.54) is 12.1 Å². The minimum atomic E-state index is -0.612. The van der Waals surface area contributed by atoms with Gasteiger partial charge in [-0.05, 0) is 55.3 Å². The average molecular weight is 360 g/mol. The Labute approximate surface area is 153 Å². The molecule has 5 nitrogen and oxygen atoms in total. The Morgan fingerprint density at radius 3 is 2.81 bits per heavy atom. The van der Waals surface area contributed by atoms with Crippen molar-refractivity contribution in [2.75, 3.05) is 32.0 Å². The van der Waals surface area contributed by atoms with Gasteiger partial charge < -0.3 is 20.3 Å². The van der Waals surface area contributed by atoms with Gasteiger partial charge in [0.05, 0.1) is 5.69 Å². The minimum absolute atomic E-state index is 0.0426. The molecule has 1 aliphatic rings. The molecule has 0 aromatic heterocycles. The molecule has 1 aliphatic heterocycles. The Balaban J connectivity index is 1.43. The third kappa shape index (κ3) is 5.09. The van der Waals surface area contributed by atoms with Crippen LogP contribution in [0.2, 0.25) is 0 Å². The quantitative estimate of drug-likeness (QED) is 0.743. The van der Waals surface area contributed by atoms with E-state index in [4.69, 9.17) is 15.2 Å². The number of nitrogen functional groups attached to an aromatic ring is 1. The summed E-state index contributed by atoms with van der Waals surface area (Å²) in [6.07, 6.45) is 0.302. The molecule has 0 aliphatic carbocycles. The Bertz CT molecular complexity index is 723. The second kappa shape index (κ2) is 8.38. The summed E-state index contributed by atoms with van der Waals surface area (Å²) in [6.45, 7) is 4.23. The van der Waals surface area contributed by atoms with Gasteiger partial charge in [-0.2, -0.15) is 0 Å². The number of likely N-dealkylation sites (tertiary alicyclic amines) is 1. The highest BCUT2D eigenvalue weighted by Crippen LogP contribution is 2.23. The van der Waals surface area contributed by atoms with Crippen molar-refractivity contribution in [1.29, 1.82) is 0 Å². The first-order valence-corrected chi connectivity index (χ1v) is 8.81. The lowest BCUT2D eigenvalue weighted by atomic mass is 10.2. The maximum absolute atomic E-state index is 12.9. The summed E-state index contributed by atoms with van der Waals surface area (Å²) in [4.78, 5) is 2.14. The molecule has 2 unspecified atom stereocenters. The van der Waals surface area contributed by atoms with Gasteiger partial charge in [-0.15, -0.1) is 0 Å². The predicted octanol–water partition coefficient (Wildman–Crippen LogP) is 2.61. The molecule has 26 heavy (non-hydrogen) atoms. The van der Waals surface area contributed by atoms with Crippen molar-refractivity contribution in [1.82, 2.24) is 4.90 Å². The summed E-state index contributed by atoms with van der Waals surface area (Å²) >= 11 is 0. The second-order valence-corrected chi connectivity index (χ2v) is 6.75. The van der Waals surface area contributed by atoms with Gasteiger partial charge in [0.2, 0.25) is 0 Å². The second-order valence-electron chi connectivity index (χ2n) is 6.75. The highest BCUT2D eigenvalue weighted by Gasteiger charge is 2.25. The molecule has 140 valence electrons. The van der Waals surface area contributed by atoms with E-state index in [1.54, 1.807) is 18.2 Å². The third-order valence-corrected chi connectivity index (χ3v) is 4.41. The smallest absolute Gasteiger partial charge is 0.142 e. The van der Waals surface area contributed by atoms with Crippen LogP contribution in [-0.4, -0.2) is 48.5 Å². The fraction of sp³-hybridized carbons (Fsp3) is 0.400. The van der Waals surface area contributed by atoms with Gasteiger partial charge in [-0.1, -0.05) is 6.07 Å². The first-order chi connectivity index (χ1) is 12.5. The van der Waals surface area contributed by atoms with Crippen LogP contribution in [0.5, 0.6) is 11.5 Å². The van der Waals surface area contributed by atoms with Crippen molar-refractivity contribution in [2.24, 2.45) is 0 Å². The fourth-order valence-corrected chi connectivity index (χ4v) is 3.07. The van der Waals surface area contributed by atoms with Crippen LogP contribution in [0.15, 0.2) is 42.5 Å². The van der Waals surface area contributed by atoms with Crippen molar-refractivity contribution < 1.29 is 19.0 Å². The zero-order chi connectivity index (χ0) is 18.5. The fourth-order valence-electron chi connectivity index (χ4n) is 3.07. The monoisotopic (exact) mass is 360 g/mol. The summed E-state index contributed by atoms with van der Waals surface area (Å²) in [5, 5.41) is 10.2. The summed E-state index contributed by atoms with van der Waals surface area (Å²) in [5.41, 5.74) is 7.51. The van der Waals surface area contributed by atoms with E-state index < -0.39 is 6.10 Å². The number of nitrogens with two attached hydrogens (primary N) is 1. The summed E-state index contributed by atoms with van der Waals surface area (Å²) in [7, 11) is 0. The van der Waals surface area contributed by atoms with Gasteiger partial charge in [-0.25, -0.2) is 4.39 Å². The first-order valence-electron chi connectivity index (χ1n) is 8.81. The Morgan fingerprint density at radius 2 is 2.04 bits per heavy atom. The van der Waals surface area contributed by atoms with Gasteiger partial charge in [0.1, 0.15) is 36.1 Å². The molecule has 3 N–H and O–H groups in total. The number of ether oxygens (including phenoxy) is 2. The van der Waals surface area contributed by atoms with Gasteiger partial charge in [0.25, 0.3) is 0 Å². The van der Waals surface area contributed by atoms with Crippen LogP contribution >= 0.6 is 0 Å². The molecule has 0 spiro atoms. The Kier molecular flexibility index (Phi) is 5.96. The van der Waals surface area contributed by atoms with Crippen molar-refractivity contribution in [2.45, 2.75) is 25.6 Å². The van der Waals surface area contributed by atoms with Gasteiger partial charge in [0, 0.05) is 19.6 Å². The molecule has 2 atom stereocenters. The maximum Gasteiger partial charge on any atom is 0.142 e. The van der Waals surface area contributed by atoms with E-state index >= 15 is 0 Å². The Morgan fingerprint density at radius 1 is 1.27 bits per heavy atom. The van der Waals surface area contributed by atoms with E-state index in [9.17, 15) is 9.50 Å². The van der Waals surface area contributed by atoms with Crippen LogP contribution in [0.4, 0.5) is 10.1 Å². The number of aliphatic hydroxyl groups excluding tert-OH is 1. The van der Waals surface area contributed by atoms with Gasteiger partial charge >= 0.3 is 0 Å². The number of β-amino-alcohol motifs (C(OH)–C–C–N with tert-alkyl or cyclic N) is 1. The van der Waals surface area contributed by atoms with Crippen molar-refractivity contribution in [3.8, 4) is 11.5 Å². The van der Waals surface area contributed by atoms with Crippen LogP contribution in [0, 0.1) is 12.7 Å². The number of aliphatic hydroxyl groups is 1. The van der Waals surface area contributed by atoms with E-state index in [-0.39, 0.29) is 18.5 Å². The molecule has 2 aromatic rings. The molecule has 3 rings (SSSR count). The zero-order valence-electron chi connectivity index (χ0n) is 14.9. The molecule has 0 saturated carbocycles. The van der Waals surface area contributed by atoms with Crippen LogP contribution in [0.25, 0.3) is 0 Å². The number of anilines is 1. The lowest BCUT2D eigenvalue weighted by Gasteiger charge is -2.21. The predicted molar refractivity (Wildman–Crippen MR) is 99.0 cm³/mol.